The van der Waals surface area contributed by atoms with Crippen LogP contribution in [0.15, 0.2) is 24.3 Å². The summed E-state index contributed by atoms with van der Waals surface area (Å²) in [6.45, 7) is 7.32. The molecule has 0 spiro atoms. The Bertz CT molecular complexity index is 271. The maximum absolute atomic E-state index is 3.36. The van der Waals surface area contributed by atoms with Crippen molar-refractivity contribution >= 4 is 5.69 Å². The fraction of sp³-hybridized carbons (Fsp3) is 0.500. The lowest BCUT2D eigenvalue weighted by Gasteiger charge is -2.20. The number of benzene rings is 1. The van der Waals surface area contributed by atoms with Crippen LogP contribution in [0, 0.1) is 0 Å². The third-order valence-corrected chi connectivity index (χ3v) is 2.44. The van der Waals surface area contributed by atoms with Crippen LogP contribution in [0.2, 0.25) is 0 Å². The van der Waals surface area contributed by atoms with E-state index < -0.39 is 0 Å². The van der Waals surface area contributed by atoms with Gasteiger partial charge in [0, 0.05) is 25.8 Å². The van der Waals surface area contributed by atoms with Gasteiger partial charge in [0.1, 0.15) is 0 Å². The van der Waals surface area contributed by atoms with Crippen molar-refractivity contribution in [3.8, 4) is 0 Å². The Morgan fingerprint density at radius 2 is 1.93 bits per heavy atom. The summed E-state index contributed by atoms with van der Waals surface area (Å²) < 4.78 is 0. The minimum atomic E-state index is 0.955. The fourth-order valence-electron chi connectivity index (χ4n) is 1.46. The molecule has 0 aliphatic carbocycles. The monoisotopic (exact) mass is 192 g/mol. The number of hydrogen-bond donors (Lipinski definition) is 1. The summed E-state index contributed by atoms with van der Waals surface area (Å²) >= 11 is 0. The molecule has 0 aliphatic rings. The Balaban J connectivity index is 2.79. The topological polar surface area (TPSA) is 15.3 Å². The van der Waals surface area contributed by atoms with Crippen molar-refractivity contribution in [3.05, 3.63) is 29.8 Å². The molecule has 0 saturated carbocycles. The summed E-state index contributed by atoms with van der Waals surface area (Å²) in [7, 11) is 2.13. The normalized spacial score (nSPS) is 10.2. The summed E-state index contributed by atoms with van der Waals surface area (Å²) in [6, 6.07) is 8.55. The minimum Gasteiger partial charge on any atom is -0.375 e. The molecule has 2 nitrogen and oxygen atoms in total. The zero-order valence-electron chi connectivity index (χ0n) is 9.38. The molecule has 0 unspecified atom stereocenters. The predicted octanol–water partition coefficient (Wildman–Crippen LogP) is 2.25. The van der Waals surface area contributed by atoms with Gasteiger partial charge in [-0.3, -0.25) is 0 Å². The van der Waals surface area contributed by atoms with E-state index in [1.807, 2.05) is 0 Å². The second-order valence-electron chi connectivity index (χ2n) is 3.42. The van der Waals surface area contributed by atoms with Crippen LogP contribution >= 0.6 is 0 Å². The summed E-state index contributed by atoms with van der Waals surface area (Å²) in [5, 5.41) is 3.36. The van der Waals surface area contributed by atoms with Crippen LogP contribution in [0.4, 0.5) is 5.69 Å². The molecule has 0 heterocycles. The Morgan fingerprint density at radius 3 is 2.57 bits per heavy atom. The Kier molecular flexibility index (Phi) is 4.47. The molecule has 0 aromatic heterocycles. The van der Waals surface area contributed by atoms with E-state index >= 15 is 0 Å². The van der Waals surface area contributed by atoms with Crippen LogP contribution in [-0.2, 0) is 6.54 Å². The summed E-state index contributed by atoms with van der Waals surface area (Å²) in [5.41, 5.74) is 2.70. The van der Waals surface area contributed by atoms with E-state index in [1.54, 1.807) is 0 Å². The van der Waals surface area contributed by atoms with Crippen molar-refractivity contribution < 1.29 is 0 Å². The Labute approximate surface area is 86.9 Å². The molecule has 0 fully saturated rings. The average Bonchev–Trinajstić information content (AvgIpc) is 2.25. The lowest BCUT2D eigenvalue weighted by Crippen LogP contribution is -2.20. The lowest BCUT2D eigenvalue weighted by atomic mass is 10.1. The van der Waals surface area contributed by atoms with Gasteiger partial charge in [0.05, 0.1) is 0 Å². The van der Waals surface area contributed by atoms with Gasteiger partial charge in [-0.2, -0.15) is 0 Å². The van der Waals surface area contributed by atoms with Gasteiger partial charge in [-0.25, -0.2) is 0 Å². The first-order valence-corrected chi connectivity index (χ1v) is 5.29. The smallest absolute Gasteiger partial charge is 0.0409 e. The van der Waals surface area contributed by atoms with Gasteiger partial charge in [0.2, 0.25) is 0 Å². The number of rotatable bonds is 5. The quantitative estimate of drug-likeness (QED) is 0.769. The summed E-state index contributed by atoms with van der Waals surface area (Å²) in [4.78, 5) is 2.27. The maximum Gasteiger partial charge on any atom is 0.0409 e. The third-order valence-electron chi connectivity index (χ3n) is 2.44. The predicted molar refractivity (Wildman–Crippen MR) is 62.8 cm³/mol. The SMILES string of the molecule is CCNCc1ccccc1N(C)CC. The maximum atomic E-state index is 3.36. The van der Waals surface area contributed by atoms with Crippen LogP contribution in [0.5, 0.6) is 0 Å². The third kappa shape index (κ3) is 2.74. The second-order valence-corrected chi connectivity index (χ2v) is 3.42. The molecular formula is C12H20N2. The van der Waals surface area contributed by atoms with E-state index in [0.717, 1.165) is 19.6 Å². The number of hydrogen-bond acceptors (Lipinski definition) is 2. The highest BCUT2D eigenvalue weighted by Crippen LogP contribution is 2.18. The Hall–Kier alpha value is -1.02. The largest absolute Gasteiger partial charge is 0.375 e. The molecular weight excluding hydrogens is 172 g/mol. The van der Waals surface area contributed by atoms with Crippen LogP contribution in [0.25, 0.3) is 0 Å². The van der Waals surface area contributed by atoms with Crippen molar-refractivity contribution in [2.75, 3.05) is 25.0 Å². The molecule has 0 saturated heterocycles. The van der Waals surface area contributed by atoms with Gasteiger partial charge < -0.3 is 10.2 Å². The molecule has 0 amide bonds. The molecule has 0 radical (unpaired) electrons. The van der Waals surface area contributed by atoms with Crippen molar-refractivity contribution in [2.45, 2.75) is 20.4 Å². The van der Waals surface area contributed by atoms with Gasteiger partial charge >= 0.3 is 0 Å². The zero-order valence-corrected chi connectivity index (χ0v) is 9.38. The zero-order chi connectivity index (χ0) is 10.4. The van der Waals surface area contributed by atoms with Gasteiger partial charge in [0.15, 0.2) is 0 Å². The molecule has 0 aliphatic heterocycles. The molecule has 1 aromatic rings. The van der Waals surface area contributed by atoms with Gasteiger partial charge in [0.25, 0.3) is 0 Å². The molecule has 1 rings (SSSR count). The van der Waals surface area contributed by atoms with Crippen LogP contribution in [0.1, 0.15) is 19.4 Å². The average molecular weight is 192 g/mol. The first-order valence-electron chi connectivity index (χ1n) is 5.29. The first kappa shape index (κ1) is 11.1. The first-order chi connectivity index (χ1) is 6.79. The molecule has 2 heteroatoms. The fourth-order valence-corrected chi connectivity index (χ4v) is 1.46. The van der Waals surface area contributed by atoms with Crippen LogP contribution in [-0.4, -0.2) is 20.1 Å². The molecule has 14 heavy (non-hydrogen) atoms. The molecule has 78 valence electrons. The summed E-state index contributed by atoms with van der Waals surface area (Å²) in [5.74, 6) is 0. The highest BCUT2D eigenvalue weighted by molar-refractivity contribution is 5.52. The van der Waals surface area contributed by atoms with Crippen LogP contribution in [0.3, 0.4) is 0 Å². The number of anilines is 1. The second kappa shape index (κ2) is 5.66. The van der Waals surface area contributed by atoms with Crippen molar-refractivity contribution in [2.24, 2.45) is 0 Å². The van der Waals surface area contributed by atoms with E-state index in [1.165, 1.54) is 11.3 Å². The van der Waals surface area contributed by atoms with E-state index in [4.69, 9.17) is 0 Å². The summed E-state index contributed by atoms with van der Waals surface area (Å²) in [6.07, 6.45) is 0. The molecule has 1 N–H and O–H groups in total. The van der Waals surface area contributed by atoms with Crippen molar-refractivity contribution in [1.29, 1.82) is 0 Å². The highest BCUT2D eigenvalue weighted by Gasteiger charge is 2.03. The number of nitrogens with zero attached hydrogens (tertiary/aromatic N) is 1. The molecule has 0 bridgehead atoms. The Morgan fingerprint density at radius 1 is 1.21 bits per heavy atom. The standard InChI is InChI=1S/C12H20N2/c1-4-13-10-11-8-6-7-9-12(11)14(3)5-2/h6-9,13H,4-5,10H2,1-3H3. The van der Waals surface area contributed by atoms with Gasteiger partial charge in [-0.1, -0.05) is 25.1 Å². The van der Waals surface area contributed by atoms with Crippen LogP contribution < -0.4 is 10.2 Å². The highest BCUT2D eigenvalue weighted by atomic mass is 15.1. The van der Waals surface area contributed by atoms with E-state index in [0.29, 0.717) is 0 Å². The van der Waals surface area contributed by atoms with Gasteiger partial charge in [-0.05, 0) is 25.1 Å². The number of para-hydroxylation sites is 1. The molecule has 0 atom stereocenters. The van der Waals surface area contributed by atoms with E-state index in [9.17, 15) is 0 Å². The van der Waals surface area contributed by atoms with E-state index in [-0.39, 0.29) is 0 Å². The number of nitrogens with one attached hydrogen (secondary N) is 1. The van der Waals surface area contributed by atoms with Crippen molar-refractivity contribution in [3.63, 3.8) is 0 Å². The molecule has 1 aromatic carbocycles. The lowest BCUT2D eigenvalue weighted by molar-refractivity contribution is 0.724. The van der Waals surface area contributed by atoms with E-state index in [2.05, 4.69) is 55.4 Å². The minimum absolute atomic E-state index is 0.955. The van der Waals surface area contributed by atoms with Crippen molar-refractivity contribution in [1.82, 2.24) is 5.32 Å². The van der Waals surface area contributed by atoms with Gasteiger partial charge in [-0.15, -0.1) is 0 Å².